The quantitative estimate of drug-likeness (QED) is 0.622. The highest BCUT2D eigenvalue weighted by atomic mass is 79.9. The van der Waals surface area contributed by atoms with Crippen LogP contribution in [0.1, 0.15) is 12.5 Å². The minimum Gasteiger partial charge on any atom is -0.504 e. The van der Waals surface area contributed by atoms with Crippen molar-refractivity contribution in [2.45, 2.75) is 6.92 Å². The van der Waals surface area contributed by atoms with E-state index in [9.17, 15) is 14.7 Å². The third-order valence-corrected chi connectivity index (χ3v) is 5.11. The van der Waals surface area contributed by atoms with Crippen molar-refractivity contribution in [3.05, 3.63) is 56.4 Å². The van der Waals surface area contributed by atoms with Gasteiger partial charge < -0.3 is 9.84 Å². The number of aromatic hydroxyl groups is 1. The molecule has 0 bridgehead atoms. The lowest BCUT2D eigenvalue weighted by Gasteiger charge is -2.12. The lowest BCUT2D eigenvalue weighted by atomic mass is 10.1. The molecule has 0 atom stereocenters. The van der Waals surface area contributed by atoms with Gasteiger partial charge in [-0.15, -0.1) is 0 Å². The molecule has 5 nitrogen and oxygen atoms in total. The number of carbonyl (C=O) groups is 2. The molecule has 0 saturated carbocycles. The molecule has 8 heteroatoms. The highest BCUT2D eigenvalue weighted by Crippen LogP contribution is 2.40. The molecule has 1 heterocycles. The van der Waals surface area contributed by atoms with Crippen LogP contribution < -0.4 is 9.64 Å². The molecule has 1 aliphatic heterocycles. The van der Waals surface area contributed by atoms with E-state index in [1.54, 1.807) is 43.3 Å². The van der Waals surface area contributed by atoms with E-state index in [2.05, 4.69) is 15.9 Å². The molecule has 0 unspecified atom stereocenters. The van der Waals surface area contributed by atoms with Gasteiger partial charge in [-0.05, 0) is 61.2 Å². The maximum atomic E-state index is 12.7. The highest BCUT2D eigenvalue weighted by Gasteiger charge is 2.36. The number of anilines is 1. The number of hydrogen-bond donors (Lipinski definition) is 1. The Labute approximate surface area is 167 Å². The molecular formula is C18H13BrClNO4S. The number of ether oxygens (including phenoxy) is 1. The fourth-order valence-corrected chi connectivity index (χ4v) is 3.80. The van der Waals surface area contributed by atoms with Crippen molar-refractivity contribution in [3.8, 4) is 11.5 Å². The topological polar surface area (TPSA) is 66.8 Å². The van der Waals surface area contributed by atoms with Crippen molar-refractivity contribution in [1.29, 1.82) is 0 Å². The Hall–Kier alpha value is -1.96. The van der Waals surface area contributed by atoms with Gasteiger partial charge in [0.05, 0.1) is 17.2 Å². The summed E-state index contributed by atoms with van der Waals surface area (Å²) in [6.45, 7) is 2.19. The number of hydrogen-bond acceptors (Lipinski definition) is 5. The van der Waals surface area contributed by atoms with Gasteiger partial charge >= 0.3 is 0 Å². The van der Waals surface area contributed by atoms with Gasteiger partial charge in [-0.3, -0.25) is 9.59 Å². The third kappa shape index (κ3) is 3.75. The lowest BCUT2D eigenvalue weighted by Crippen LogP contribution is -2.27. The second kappa shape index (κ2) is 7.73. The maximum Gasteiger partial charge on any atom is 0.298 e. The van der Waals surface area contributed by atoms with Gasteiger partial charge in [0.15, 0.2) is 11.5 Å². The SMILES string of the molecule is CCOc1cc(Br)cc(/C=C2/SC(=O)N(c3ccc(Cl)cc3)C2=O)c1O. The van der Waals surface area contributed by atoms with E-state index in [1.807, 2.05) is 0 Å². The normalized spacial score (nSPS) is 15.8. The monoisotopic (exact) mass is 453 g/mol. The van der Waals surface area contributed by atoms with Crippen LogP contribution in [-0.4, -0.2) is 22.9 Å². The smallest absolute Gasteiger partial charge is 0.298 e. The summed E-state index contributed by atoms with van der Waals surface area (Å²) in [6, 6.07) is 9.71. The molecule has 0 aliphatic carbocycles. The Morgan fingerprint density at radius 2 is 1.96 bits per heavy atom. The number of thioether (sulfide) groups is 1. The number of rotatable bonds is 4. The van der Waals surface area contributed by atoms with Crippen LogP contribution >= 0.6 is 39.3 Å². The zero-order valence-corrected chi connectivity index (χ0v) is 16.7. The van der Waals surface area contributed by atoms with E-state index in [4.69, 9.17) is 16.3 Å². The molecule has 2 aromatic rings. The first-order chi connectivity index (χ1) is 12.4. The molecule has 1 saturated heterocycles. The highest BCUT2D eigenvalue weighted by molar-refractivity contribution is 9.10. The molecule has 0 radical (unpaired) electrons. The zero-order valence-electron chi connectivity index (χ0n) is 13.5. The summed E-state index contributed by atoms with van der Waals surface area (Å²) in [5, 5.41) is 10.4. The summed E-state index contributed by atoms with van der Waals surface area (Å²) in [6.07, 6.45) is 1.48. The maximum absolute atomic E-state index is 12.7. The van der Waals surface area contributed by atoms with Gasteiger partial charge in [0.25, 0.3) is 11.1 Å². The second-order valence-electron chi connectivity index (χ2n) is 5.27. The fraction of sp³-hybridized carbons (Fsp3) is 0.111. The number of phenols is 1. The number of benzene rings is 2. The molecule has 2 aromatic carbocycles. The van der Waals surface area contributed by atoms with Gasteiger partial charge in [-0.1, -0.05) is 27.5 Å². The predicted octanol–water partition coefficient (Wildman–Crippen LogP) is 5.45. The summed E-state index contributed by atoms with van der Waals surface area (Å²) >= 11 is 10.0. The van der Waals surface area contributed by atoms with Crippen LogP contribution in [0.2, 0.25) is 5.02 Å². The Kier molecular flexibility index (Phi) is 5.60. The van der Waals surface area contributed by atoms with Gasteiger partial charge in [0.1, 0.15) is 0 Å². The third-order valence-electron chi connectivity index (χ3n) is 3.53. The summed E-state index contributed by atoms with van der Waals surface area (Å²) in [5.41, 5.74) is 0.818. The second-order valence-corrected chi connectivity index (χ2v) is 7.61. The summed E-state index contributed by atoms with van der Waals surface area (Å²) in [5.74, 6) is -0.252. The van der Waals surface area contributed by atoms with E-state index in [1.165, 1.54) is 6.08 Å². The Morgan fingerprint density at radius 1 is 1.27 bits per heavy atom. The van der Waals surface area contributed by atoms with Crippen LogP contribution in [0.4, 0.5) is 10.5 Å². The number of amides is 2. The molecular weight excluding hydrogens is 442 g/mol. The van der Waals surface area contributed by atoms with Crippen LogP contribution in [0.3, 0.4) is 0 Å². The molecule has 0 spiro atoms. The first kappa shape index (κ1) is 18.8. The minimum atomic E-state index is -0.459. The molecule has 26 heavy (non-hydrogen) atoms. The van der Waals surface area contributed by atoms with Crippen molar-refractivity contribution in [2.75, 3.05) is 11.5 Å². The Bertz CT molecular complexity index is 914. The average Bonchev–Trinajstić information content (AvgIpc) is 2.87. The molecule has 2 amide bonds. The van der Waals surface area contributed by atoms with Gasteiger partial charge in [0, 0.05) is 15.1 Å². The van der Waals surface area contributed by atoms with Crippen molar-refractivity contribution >= 4 is 62.2 Å². The van der Waals surface area contributed by atoms with E-state index in [0.29, 0.717) is 33.1 Å². The van der Waals surface area contributed by atoms with Crippen molar-refractivity contribution in [1.82, 2.24) is 0 Å². The van der Waals surface area contributed by atoms with Crippen LogP contribution in [0, 0.1) is 0 Å². The van der Waals surface area contributed by atoms with Crippen LogP contribution in [-0.2, 0) is 4.79 Å². The lowest BCUT2D eigenvalue weighted by molar-refractivity contribution is -0.113. The van der Waals surface area contributed by atoms with Gasteiger partial charge in [0.2, 0.25) is 0 Å². The largest absolute Gasteiger partial charge is 0.504 e. The van der Waals surface area contributed by atoms with Gasteiger partial charge in [-0.2, -0.15) is 0 Å². The minimum absolute atomic E-state index is 0.0895. The molecule has 1 aliphatic rings. The Balaban J connectivity index is 1.97. The first-order valence-corrected chi connectivity index (χ1v) is 9.58. The van der Waals surface area contributed by atoms with Crippen molar-refractivity contribution in [3.63, 3.8) is 0 Å². The van der Waals surface area contributed by atoms with Gasteiger partial charge in [-0.25, -0.2) is 4.90 Å². The van der Waals surface area contributed by atoms with Crippen molar-refractivity contribution in [2.24, 2.45) is 0 Å². The van der Waals surface area contributed by atoms with E-state index in [-0.39, 0.29) is 10.7 Å². The average molecular weight is 455 g/mol. The van der Waals surface area contributed by atoms with Crippen LogP contribution in [0.5, 0.6) is 11.5 Å². The number of phenolic OH excluding ortho intramolecular Hbond substituents is 1. The molecule has 3 rings (SSSR count). The van der Waals surface area contributed by atoms with E-state index in [0.717, 1.165) is 16.7 Å². The molecule has 1 fully saturated rings. The molecule has 0 aromatic heterocycles. The van der Waals surface area contributed by atoms with E-state index < -0.39 is 11.1 Å². The fourth-order valence-electron chi connectivity index (χ4n) is 2.39. The summed E-state index contributed by atoms with van der Waals surface area (Å²) < 4.78 is 6.06. The molecule has 1 N–H and O–H groups in total. The van der Waals surface area contributed by atoms with Crippen molar-refractivity contribution < 1.29 is 19.4 Å². The first-order valence-electron chi connectivity index (χ1n) is 7.59. The predicted molar refractivity (Wildman–Crippen MR) is 107 cm³/mol. The number of halogens is 2. The zero-order chi connectivity index (χ0) is 18.8. The number of carbonyl (C=O) groups excluding carboxylic acids is 2. The Morgan fingerprint density at radius 3 is 2.62 bits per heavy atom. The summed E-state index contributed by atoms with van der Waals surface area (Å²) in [7, 11) is 0. The van der Waals surface area contributed by atoms with Crippen LogP contribution in [0.15, 0.2) is 45.8 Å². The molecule has 134 valence electrons. The number of nitrogens with zero attached hydrogens (tertiary/aromatic N) is 1. The number of imide groups is 1. The van der Waals surface area contributed by atoms with E-state index >= 15 is 0 Å². The summed E-state index contributed by atoms with van der Waals surface area (Å²) in [4.78, 5) is 26.2. The standard InChI is InChI=1S/C18H13BrClNO4S/c1-2-25-14-9-11(19)7-10(16(14)22)8-15-17(23)21(18(24)26-15)13-5-3-12(20)4-6-13/h3-9,22H,2H2,1H3/b15-8+. The van der Waals surface area contributed by atoms with Crippen LogP contribution in [0.25, 0.3) is 6.08 Å².